The fourth-order valence-electron chi connectivity index (χ4n) is 5.60. The third-order valence-corrected chi connectivity index (χ3v) is 7.83. The average molecular weight is 631 g/mol. The van der Waals surface area contributed by atoms with E-state index in [0.717, 1.165) is 26.0 Å². The van der Waals surface area contributed by atoms with Crippen LogP contribution in [0.25, 0.3) is 43.6 Å². The van der Waals surface area contributed by atoms with Crippen molar-refractivity contribution in [2.75, 3.05) is 52.1 Å². The van der Waals surface area contributed by atoms with Gasteiger partial charge in [-0.1, -0.05) is 72.8 Å². The van der Waals surface area contributed by atoms with Crippen molar-refractivity contribution in [2.45, 2.75) is 32.1 Å². The molecule has 1 fully saturated rings. The molecule has 2 aromatic heterocycles. The highest BCUT2D eigenvalue weighted by molar-refractivity contribution is 6.18. The lowest BCUT2D eigenvalue weighted by Crippen LogP contribution is -2.24. The number of aromatic nitrogens is 2. The van der Waals surface area contributed by atoms with E-state index in [-0.39, 0.29) is 12.9 Å². The van der Waals surface area contributed by atoms with Crippen LogP contribution < -0.4 is 0 Å². The van der Waals surface area contributed by atoms with E-state index >= 15 is 0 Å². The van der Waals surface area contributed by atoms with Crippen molar-refractivity contribution in [1.82, 2.24) is 9.55 Å². The van der Waals surface area contributed by atoms with Crippen LogP contribution in [0.2, 0.25) is 0 Å². The molecule has 6 aromatic rings. The van der Waals surface area contributed by atoms with Crippen LogP contribution in [0.1, 0.15) is 19.3 Å². The Hall–Kier alpha value is -3.43. The third-order valence-electron chi connectivity index (χ3n) is 7.68. The zero-order valence-electron chi connectivity index (χ0n) is 25.7. The summed E-state index contributed by atoms with van der Waals surface area (Å²) < 4.78 is 23.6. The molecule has 238 valence electrons. The number of para-hydroxylation sites is 4. The van der Waals surface area contributed by atoms with Crippen molar-refractivity contribution in [3.05, 3.63) is 97.1 Å². The molecule has 1 saturated heterocycles. The van der Waals surface area contributed by atoms with E-state index in [1.165, 1.54) is 50.0 Å². The van der Waals surface area contributed by atoms with E-state index in [2.05, 4.69) is 107 Å². The number of halogens is 1. The summed E-state index contributed by atoms with van der Waals surface area (Å²) in [4.78, 5) is 3.38. The van der Waals surface area contributed by atoms with Crippen molar-refractivity contribution in [1.29, 1.82) is 0 Å². The largest absolute Gasteiger partial charge is 0.394 e. The van der Waals surface area contributed by atoms with Gasteiger partial charge in [-0.15, -0.1) is 11.6 Å². The van der Waals surface area contributed by atoms with Crippen LogP contribution >= 0.6 is 11.6 Å². The first-order valence-electron chi connectivity index (χ1n) is 15.8. The van der Waals surface area contributed by atoms with E-state index in [4.69, 9.17) is 35.7 Å². The number of aliphatic hydroxyl groups excluding tert-OH is 1. The molecule has 4 aromatic carbocycles. The van der Waals surface area contributed by atoms with Gasteiger partial charge in [-0.05, 0) is 43.5 Å². The number of ether oxygens (including phenoxy) is 4. The Morgan fingerprint density at radius 2 is 1.27 bits per heavy atom. The van der Waals surface area contributed by atoms with Crippen molar-refractivity contribution in [3.63, 3.8) is 0 Å². The minimum atomic E-state index is -0.00616. The molecule has 0 bridgehead atoms. The van der Waals surface area contributed by atoms with E-state index < -0.39 is 0 Å². The molecule has 0 saturated carbocycles. The van der Waals surface area contributed by atoms with Crippen LogP contribution in [0.5, 0.6) is 0 Å². The van der Waals surface area contributed by atoms with Crippen LogP contribution in [0.3, 0.4) is 0 Å². The lowest BCUT2D eigenvalue weighted by atomic mass is 10.2. The molecule has 0 radical (unpaired) electrons. The summed E-state index contributed by atoms with van der Waals surface area (Å²) in [6.45, 7) is 4.51. The normalized spacial score (nSPS) is 14.8. The van der Waals surface area contributed by atoms with Gasteiger partial charge in [0.2, 0.25) is 0 Å². The number of aromatic amines is 1. The molecular formula is C37H43ClN2O5. The Labute approximate surface area is 269 Å². The van der Waals surface area contributed by atoms with Crippen molar-refractivity contribution in [3.8, 4) is 0 Å². The van der Waals surface area contributed by atoms with E-state index in [1.807, 2.05) is 0 Å². The molecule has 2 N–H and O–H groups in total. The maximum atomic E-state index is 8.74. The predicted octanol–water partition coefficient (Wildman–Crippen LogP) is 7.91. The summed E-state index contributed by atoms with van der Waals surface area (Å²) in [6.07, 6.45) is 3.36. The number of benzene rings is 4. The highest BCUT2D eigenvalue weighted by atomic mass is 35.5. The molecule has 45 heavy (non-hydrogen) atoms. The molecule has 0 spiro atoms. The molecule has 1 aliphatic rings. The predicted molar refractivity (Wildman–Crippen MR) is 184 cm³/mol. The zero-order chi connectivity index (χ0) is 31.1. The molecule has 7 nitrogen and oxygen atoms in total. The van der Waals surface area contributed by atoms with Crippen LogP contribution in [-0.2, 0) is 25.5 Å². The van der Waals surface area contributed by atoms with Crippen LogP contribution in [0, 0.1) is 0 Å². The van der Waals surface area contributed by atoms with Crippen LogP contribution in [0.15, 0.2) is 97.1 Å². The first-order valence-corrected chi connectivity index (χ1v) is 16.3. The topological polar surface area (TPSA) is 77.9 Å². The monoisotopic (exact) mass is 630 g/mol. The average Bonchev–Trinajstić information content (AvgIpc) is 3.64. The number of fused-ring (bicyclic) bond motifs is 6. The van der Waals surface area contributed by atoms with Gasteiger partial charge >= 0.3 is 0 Å². The first-order chi connectivity index (χ1) is 22.3. The van der Waals surface area contributed by atoms with Crippen LogP contribution in [0.4, 0.5) is 0 Å². The maximum Gasteiger partial charge on any atom is 0.157 e. The summed E-state index contributed by atoms with van der Waals surface area (Å²) in [7, 11) is 0. The van der Waals surface area contributed by atoms with Crippen LogP contribution in [-0.4, -0.2) is 73.1 Å². The Morgan fingerprint density at radius 1 is 0.689 bits per heavy atom. The second-order valence-electron chi connectivity index (χ2n) is 10.7. The molecule has 8 heteroatoms. The fourth-order valence-corrected chi connectivity index (χ4v) is 5.71. The van der Waals surface area contributed by atoms with Gasteiger partial charge in [0.05, 0.1) is 39.6 Å². The minimum Gasteiger partial charge on any atom is -0.394 e. The SMILES string of the molecule is ClCCOCCOC1CCCCO1.OCCOCCn1c2ccccc2c2ccccc21.c1ccc2c(c1)[nH]c1ccccc12. The standard InChI is InChI=1S/C16H17NO2.C12H9N.C9H17ClO3/c18-10-12-19-11-9-17-15-7-3-1-5-13(15)14-6-2-4-8-16(14)17;1-3-7-11-9(5-1)10-6-2-4-8-12(10)13-11;10-4-6-11-7-8-13-9-3-1-2-5-12-9/h1-8,18H,9-12H2;1-8,13H;9H,1-8H2. The summed E-state index contributed by atoms with van der Waals surface area (Å²) >= 11 is 5.44. The quantitative estimate of drug-likeness (QED) is 0.112. The van der Waals surface area contributed by atoms with Gasteiger partial charge in [0, 0.05) is 62.6 Å². The molecule has 0 amide bonds. The molecule has 0 aliphatic carbocycles. The molecular weight excluding hydrogens is 588 g/mol. The maximum absolute atomic E-state index is 8.74. The van der Waals surface area contributed by atoms with E-state index in [9.17, 15) is 0 Å². The number of aliphatic hydroxyl groups is 1. The molecule has 3 heterocycles. The Morgan fingerprint density at radius 3 is 1.84 bits per heavy atom. The first kappa shape index (κ1) is 32.9. The summed E-state index contributed by atoms with van der Waals surface area (Å²) in [6, 6.07) is 33.6. The van der Waals surface area contributed by atoms with Gasteiger partial charge in [0.1, 0.15) is 0 Å². The van der Waals surface area contributed by atoms with Gasteiger partial charge < -0.3 is 33.6 Å². The van der Waals surface area contributed by atoms with E-state index in [0.29, 0.717) is 38.9 Å². The summed E-state index contributed by atoms with van der Waals surface area (Å²) in [5.41, 5.74) is 4.89. The molecule has 1 unspecified atom stereocenters. The number of H-pyrrole nitrogens is 1. The number of hydrogen-bond acceptors (Lipinski definition) is 5. The minimum absolute atomic E-state index is 0.00616. The number of alkyl halides is 1. The second-order valence-corrected chi connectivity index (χ2v) is 11.1. The van der Waals surface area contributed by atoms with Gasteiger partial charge in [-0.3, -0.25) is 0 Å². The van der Waals surface area contributed by atoms with Gasteiger partial charge in [0.25, 0.3) is 0 Å². The van der Waals surface area contributed by atoms with Crippen molar-refractivity contribution >= 4 is 55.2 Å². The second kappa shape index (κ2) is 17.9. The van der Waals surface area contributed by atoms with Gasteiger partial charge in [-0.25, -0.2) is 0 Å². The lowest BCUT2D eigenvalue weighted by Gasteiger charge is -2.22. The Balaban J connectivity index is 0.000000137. The molecule has 1 aliphatic heterocycles. The molecule has 7 rings (SSSR count). The number of rotatable bonds is 11. The van der Waals surface area contributed by atoms with Gasteiger partial charge in [-0.2, -0.15) is 0 Å². The van der Waals surface area contributed by atoms with Gasteiger partial charge in [0.15, 0.2) is 6.29 Å². The van der Waals surface area contributed by atoms with E-state index in [1.54, 1.807) is 0 Å². The highest BCUT2D eigenvalue weighted by Crippen LogP contribution is 2.28. The highest BCUT2D eigenvalue weighted by Gasteiger charge is 2.13. The zero-order valence-corrected chi connectivity index (χ0v) is 26.5. The Kier molecular flexibility index (Phi) is 13.1. The lowest BCUT2D eigenvalue weighted by molar-refractivity contribution is -0.168. The summed E-state index contributed by atoms with van der Waals surface area (Å²) in [5.74, 6) is 0.542. The Bertz CT molecular complexity index is 1620. The third kappa shape index (κ3) is 9.07. The van der Waals surface area contributed by atoms with Crippen molar-refractivity contribution < 1.29 is 24.1 Å². The molecule has 1 atom stereocenters. The van der Waals surface area contributed by atoms with Crippen molar-refractivity contribution in [2.24, 2.45) is 0 Å². The smallest absolute Gasteiger partial charge is 0.157 e. The number of nitrogens with one attached hydrogen (secondary N) is 1. The summed E-state index contributed by atoms with van der Waals surface area (Å²) in [5, 5.41) is 13.9. The number of nitrogens with zero attached hydrogens (tertiary/aromatic N) is 1. The number of hydrogen-bond donors (Lipinski definition) is 2. The fraction of sp³-hybridized carbons (Fsp3) is 0.351.